The van der Waals surface area contributed by atoms with Gasteiger partial charge in [-0.2, -0.15) is 0 Å². The maximum Gasteiger partial charge on any atom is 0.254 e. The van der Waals surface area contributed by atoms with Gasteiger partial charge in [0.1, 0.15) is 17.0 Å². The summed E-state index contributed by atoms with van der Waals surface area (Å²) in [5.41, 5.74) is 1.29. The van der Waals surface area contributed by atoms with Gasteiger partial charge in [-0.1, -0.05) is 53.7 Å². The number of carbonyl (C=O) groups excluding carboxylic acids is 2. The third kappa shape index (κ3) is 4.05. The first-order valence-corrected chi connectivity index (χ1v) is 11.3. The van der Waals surface area contributed by atoms with Crippen LogP contribution in [0.5, 0.6) is 0 Å². The average molecular weight is 432 g/mol. The fraction of sp³-hybridized carbons (Fsp3) is 0.346. The number of amides is 2. The lowest BCUT2D eigenvalue weighted by Gasteiger charge is -2.40. The Labute approximate surface area is 188 Å². The minimum absolute atomic E-state index is 0.0260. The molecular weight excluding hydrogens is 402 g/mol. The molecule has 3 aromatic rings. The van der Waals surface area contributed by atoms with Gasteiger partial charge in [-0.05, 0) is 38.8 Å². The number of likely N-dealkylation sites (N-methyl/N-ethyl adjacent to an activating group) is 1. The summed E-state index contributed by atoms with van der Waals surface area (Å²) in [5, 5.41) is 4.23. The van der Waals surface area contributed by atoms with Gasteiger partial charge in [-0.15, -0.1) is 0 Å². The number of carbonyl (C=O) groups is 2. The SMILES string of the molecule is CCN(CC)C(=O)[C@@]1(Cc2cc(-c3ccccc3)no2)CCCN1C(=O)c1ccccc1. The van der Waals surface area contributed by atoms with Gasteiger partial charge in [0, 0.05) is 43.2 Å². The van der Waals surface area contributed by atoms with E-state index in [4.69, 9.17) is 4.52 Å². The molecule has 32 heavy (non-hydrogen) atoms. The monoisotopic (exact) mass is 431 g/mol. The zero-order chi connectivity index (χ0) is 22.6. The molecule has 0 saturated carbocycles. The molecule has 0 aliphatic carbocycles. The minimum Gasteiger partial charge on any atom is -0.361 e. The van der Waals surface area contributed by atoms with E-state index in [1.54, 1.807) is 17.0 Å². The molecule has 1 atom stereocenters. The van der Waals surface area contributed by atoms with E-state index < -0.39 is 5.54 Å². The van der Waals surface area contributed by atoms with Crippen molar-refractivity contribution in [2.75, 3.05) is 19.6 Å². The maximum atomic E-state index is 13.8. The molecule has 0 spiro atoms. The van der Waals surface area contributed by atoms with Gasteiger partial charge in [-0.25, -0.2) is 0 Å². The first-order chi connectivity index (χ1) is 15.6. The fourth-order valence-corrected chi connectivity index (χ4v) is 4.63. The van der Waals surface area contributed by atoms with E-state index in [1.807, 2.05) is 73.3 Å². The van der Waals surface area contributed by atoms with Crippen molar-refractivity contribution in [3.63, 3.8) is 0 Å². The third-order valence-corrected chi connectivity index (χ3v) is 6.30. The highest BCUT2D eigenvalue weighted by atomic mass is 16.5. The number of benzene rings is 2. The first-order valence-electron chi connectivity index (χ1n) is 11.3. The second kappa shape index (κ2) is 9.39. The number of aromatic nitrogens is 1. The highest BCUT2D eigenvalue weighted by Gasteiger charge is 2.51. The van der Waals surface area contributed by atoms with Gasteiger partial charge >= 0.3 is 0 Å². The highest BCUT2D eigenvalue weighted by Crippen LogP contribution is 2.37. The summed E-state index contributed by atoms with van der Waals surface area (Å²) in [4.78, 5) is 30.9. The third-order valence-electron chi connectivity index (χ3n) is 6.30. The van der Waals surface area contributed by atoms with Crippen LogP contribution in [0.3, 0.4) is 0 Å². The summed E-state index contributed by atoms with van der Waals surface area (Å²) in [6.07, 6.45) is 1.67. The predicted octanol–water partition coefficient (Wildman–Crippen LogP) is 4.43. The highest BCUT2D eigenvalue weighted by molar-refractivity contribution is 6.00. The molecular formula is C26H29N3O3. The van der Waals surface area contributed by atoms with E-state index in [0.717, 1.165) is 17.7 Å². The Morgan fingerprint density at radius 3 is 2.34 bits per heavy atom. The van der Waals surface area contributed by atoms with Crippen molar-refractivity contribution < 1.29 is 14.1 Å². The van der Waals surface area contributed by atoms with Crippen LogP contribution >= 0.6 is 0 Å². The molecule has 1 aliphatic rings. The first kappa shape index (κ1) is 21.8. The largest absolute Gasteiger partial charge is 0.361 e. The van der Waals surface area contributed by atoms with Crippen LogP contribution < -0.4 is 0 Å². The van der Waals surface area contributed by atoms with E-state index >= 15 is 0 Å². The lowest BCUT2D eigenvalue weighted by Crippen LogP contribution is -2.59. The van der Waals surface area contributed by atoms with E-state index in [1.165, 1.54) is 0 Å². The molecule has 2 aromatic carbocycles. The van der Waals surface area contributed by atoms with Crippen molar-refractivity contribution in [1.29, 1.82) is 0 Å². The van der Waals surface area contributed by atoms with Gasteiger partial charge in [-0.3, -0.25) is 9.59 Å². The van der Waals surface area contributed by atoms with Crippen LogP contribution in [0.25, 0.3) is 11.3 Å². The summed E-state index contributed by atoms with van der Waals surface area (Å²) >= 11 is 0. The summed E-state index contributed by atoms with van der Waals surface area (Å²) < 4.78 is 5.68. The molecule has 1 fully saturated rings. The van der Waals surface area contributed by atoms with Crippen LogP contribution in [0, 0.1) is 0 Å². The fourth-order valence-electron chi connectivity index (χ4n) is 4.63. The summed E-state index contributed by atoms with van der Waals surface area (Å²) in [6.45, 7) is 5.66. The van der Waals surface area contributed by atoms with Crippen molar-refractivity contribution >= 4 is 11.8 Å². The van der Waals surface area contributed by atoms with Gasteiger partial charge < -0.3 is 14.3 Å². The van der Waals surface area contributed by atoms with Crippen molar-refractivity contribution in [2.45, 2.75) is 38.6 Å². The van der Waals surface area contributed by atoms with Gasteiger partial charge in [0.15, 0.2) is 0 Å². The van der Waals surface area contributed by atoms with E-state index in [2.05, 4.69) is 5.16 Å². The topological polar surface area (TPSA) is 66.7 Å². The molecule has 1 aromatic heterocycles. The number of nitrogens with zero attached hydrogens (tertiary/aromatic N) is 3. The van der Waals surface area contributed by atoms with E-state index in [9.17, 15) is 9.59 Å². The normalized spacial score (nSPS) is 18.0. The summed E-state index contributed by atoms with van der Waals surface area (Å²) in [7, 11) is 0. The molecule has 1 saturated heterocycles. The van der Waals surface area contributed by atoms with E-state index in [0.29, 0.717) is 43.8 Å². The zero-order valence-electron chi connectivity index (χ0n) is 18.7. The molecule has 1 aliphatic heterocycles. The lowest BCUT2D eigenvalue weighted by atomic mass is 9.88. The van der Waals surface area contributed by atoms with Crippen LogP contribution in [0.4, 0.5) is 0 Å². The van der Waals surface area contributed by atoms with Crippen LogP contribution in [0.15, 0.2) is 71.3 Å². The van der Waals surface area contributed by atoms with Crippen molar-refractivity contribution in [1.82, 2.24) is 15.0 Å². The standard InChI is InChI=1S/C26H29N3O3/c1-3-28(4-2)25(31)26(16-11-17-29(26)24(30)21-14-9-6-10-15-21)19-22-18-23(27-32-22)20-12-7-5-8-13-20/h5-10,12-15,18H,3-4,11,16-17,19H2,1-2H3/t26-/m0/s1. The molecule has 2 amide bonds. The average Bonchev–Trinajstić information content (AvgIpc) is 3.48. The molecule has 0 radical (unpaired) electrons. The number of hydrogen-bond donors (Lipinski definition) is 0. The zero-order valence-corrected chi connectivity index (χ0v) is 18.7. The molecule has 6 nitrogen and oxygen atoms in total. The Morgan fingerprint density at radius 2 is 1.69 bits per heavy atom. The Bertz CT molecular complexity index is 1060. The van der Waals surface area contributed by atoms with Crippen molar-refractivity contribution in [3.05, 3.63) is 78.1 Å². The van der Waals surface area contributed by atoms with Crippen LogP contribution in [0.2, 0.25) is 0 Å². The minimum atomic E-state index is -0.980. The quantitative estimate of drug-likeness (QED) is 0.555. The molecule has 166 valence electrons. The Balaban J connectivity index is 1.71. The number of hydrogen-bond acceptors (Lipinski definition) is 4. The van der Waals surface area contributed by atoms with Crippen molar-refractivity contribution in [2.24, 2.45) is 0 Å². The van der Waals surface area contributed by atoms with Crippen LogP contribution in [-0.4, -0.2) is 51.9 Å². The number of rotatable bonds is 7. The van der Waals surface area contributed by atoms with E-state index in [-0.39, 0.29) is 11.8 Å². The lowest BCUT2D eigenvalue weighted by molar-refractivity contribution is -0.141. The summed E-state index contributed by atoms with van der Waals surface area (Å²) in [6, 6.07) is 20.9. The smallest absolute Gasteiger partial charge is 0.254 e. The number of likely N-dealkylation sites (tertiary alicyclic amines) is 1. The summed E-state index contributed by atoms with van der Waals surface area (Å²) in [5.74, 6) is 0.463. The molecule has 0 N–H and O–H groups in total. The van der Waals surface area contributed by atoms with Crippen LogP contribution in [-0.2, 0) is 11.2 Å². The molecule has 2 heterocycles. The second-order valence-corrected chi connectivity index (χ2v) is 8.16. The molecule has 6 heteroatoms. The Kier molecular flexibility index (Phi) is 6.40. The van der Waals surface area contributed by atoms with Crippen LogP contribution in [0.1, 0.15) is 42.8 Å². The molecule has 4 rings (SSSR count). The molecule has 0 bridgehead atoms. The van der Waals surface area contributed by atoms with Gasteiger partial charge in [0.2, 0.25) is 5.91 Å². The Morgan fingerprint density at radius 1 is 1.03 bits per heavy atom. The maximum absolute atomic E-state index is 13.8. The van der Waals surface area contributed by atoms with Gasteiger partial charge in [0.25, 0.3) is 5.91 Å². The predicted molar refractivity (Wildman–Crippen MR) is 123 cm³/mol. The Hall–Kier alpha value is -3.41. The second-order valence-electron chi connectivity index (χ2n) is 8.16. The van der Waals surface area contributed by atoms with Crippen molar-refractivity contribution in [3.8, 4) is 11.3 Å². The van der Waals surface area contributed by atoms with Gasteiger partial charge in [0.05, 0.1) is 0 Å². The molecule has 0 unspecified atom stereocenters.